The van der Waals surface area contributed by atoms with Crippen LogP contribution >= 0.6 is 0 Å². The maximum absolute atomic E-state index is 9.43. The fourth-order valence-corrected chi connectivity index (χ4v) is 9.62. The van der Waals surface area contributed by atoms with Crippen LogP contribution in [0.1, 0.15) is 356 Å². The van der Waals surface area contributed by atoms with Crippen molar-refractivity contribution in [3.8, 4) is 0 Å². The van der Waals surface area contributed by atoms with E-state index in [1.165, 1.54) is 347 Å². The van der Waals surface area contributed by atoms with Crippen LogP contribution in [-0.4, -0.2) is 71.2 Å². The van der Waals surface area contributed by atoms with Gasteiger partial charge in [-0.25, -0.2) is 0 Å². The second kappa shape index (κ2) is 66.9. The van der Waals surface area contributed by atoms with E-state index in [1.54, 1.807) is 0 Å². The number of carbonyl (C=O) groups is 2. The summed E-state index contributed by atoms with van der Waals surface area (Å²) in [5.41, 5.74) is 0. The average molecular weight is 980 g/mol. The van der Waals surface area contributed by atoms with E-state index in [0.29, 0.717) is 0 Å². The number of unbranched alkanes of at least 4 members (excludes halogenated alkanes) is 42. The van der Waals surface area contributed by atoms with Crippen LogP contribution in [0.4, 0.5) is 0 Å². The zero-order chi connectivity index (χ0) is 51.2. The van der Waals surface area contributed by atoms with Gasteiger partial charge in [0.05, 0.1) is 0 Å². The van der Waals surface area contributed by atoms with Crippen LogP contribution < -0.4 is 0 Å². The summed E-state index contributed by atoms with van der Waals surface area (Å²) in [6, 6.07) is 0. The Kier molecular flexibility index (Phi) is 69.9. The number of rotatable bonds is 56. The van der Waals surface area contributed by atoms with Crippen LogP contribution in [0.5, 0.6) is 0 Å². The highest BCUT2D eigenvalue weighted by Crippen LogP contribution is 2.16. The van der Waals surface area contributed by atoms with Crippen molar-refractivity contribution in [1.29, 1.82) is 0 Å². The Morgan fingerprint density at radius 3 is 0.435 bits per heavy atom. The van der Waals surface area contributed by atoms with E-state index in [-0.39, 0.29) is 0 Å². The lowest BCUT2D eigenvalue weighted by Crippen LogP contribution is -2.27. The van der Waals surface area contributed by atoms with Crippen LogP contribution in [0.3, 0.4) is 0 Å². The molecule has 416 valence electrons. The van der Waals surface area contributed by atoms with Gasteiger partial charge in [-0.2, -0.15) is 0 Å². The Bertz CT molecular complexity index is 764. The van der Waals surface area contributed by atoms with Gasteiger partial charge in [0.25, 0.3) is 0 Å². The number of aliphatic carboxylic acids is 2. The van der Waals surface area contributed by atoms with Gasteiger partial charge in [-0.1, -0.05) is 311 Å². The highest BCUT2D eigenvalue weighted by atomic mass is 16.4. The molecule has 0 aromatic carbocycles. The molecule has 0 spiro atoms. The van der Waals surface area contributed by atoms with Crippen molar-refractivity contribution in [2.45, 2.75) is 356 Å². The summed E-state index contributed by atoms with van der Waals surface area (Å²) < 4.78 is 0. The average Bonchev–Trinajstić information content (AvgIpc) is 3.33. The lowest BCUT2D eigenvalue weighted by molar-refractivity contribution is -0.147. The Hall–Kier alpha value is -1.14. The van der Waals surface area contributed by atoms with Gasteiger partial charge in [-0.05, 0) is 77.8 Å². The monoisotopic (exact) mass is 979 g/mol. The molecule has 0 saturated heterocycles. The Morgan fingerprint density at radius 2 is 0.333 bits per heavy atom. The molecule has 0 aliphatic heterocycles. The van der Waals surface area contributed by atoms with Gasteiger partial charge < -0.3 is 20.0 Å². The van der Waals surface area contributed by atoms with Gasteiger partial charge >= 0.3 is 11.9 Å². The van der Waals surface area contributed by atoms with Gasteiger partial charge in [0.1, 0.15) is 6.42 Å². The number of hydrogen-bond donors (Lipinski definition) is 2. The van der Waals surface area contributed by atoms with Gasteiger partial charge in [0.2, 0.25) is 0 Å². The third kappa shape index (κ3) is 71.2. The van der Waals surface area contributed by atoms with Crippen molar-refractivity contribution in [2.75, 3.05) is 39.3 Å². The molecule has 0 aromatic heterocycles. The molecule has 0 unspecified atom stereocenters. The maximum atomic E-state index is 9.43. The highest BCUT2D eigenvalue weighted by Gasteiger charge is 2.07. The summed E-state index contributed by atoms with van der Waals surface area (Å²) in [4.78, 5) is 24.5. The van der Waals surface area contributed by atoms with Crippen LogP contribution in [0.25, 0.3) is 0 Å². The molecule has 0 atom stereocenters. The Balaban J connectivity index is -0.00000111. The molecule has 0 heterocycles. The van der Waals surface area contributed by atoms with Crippen molar-refractivity contribution in [1.82, 2.24) is 9.80 Å². The summed E-state index contributed by atoms with van der Waals surface area (Å²) in [5.74, 6) is -2.62. The molecule has 0 aliphatic carbocycles. The molecule has 0 radical (unpaired) electrons. The van der Waals surface area contributed by atoms with E-state index in [9.17, 15) is 9.59 Å². The Morgan fingerprint density at radius 1 is 0.217 bits per heavy atom. The third-order valence-electron chi connectivity index (χ3n) is 14.3. The second-order valence-corrected chi connectivity index (χ2v) is 21.5. The molecular formula is C63H130N2O4. The summed E-state index contributed by atoms with van der Waals surface area (Å²) in [7, 11) is 0. The largest absolute Gasteiger partial charge is 0.481 e. The van der Waals surface area contributed by atoms with Crippen LogP contribution in [0, 0.1) is 0 Å². The predicted octanol–water partition coefficient (Wildman–Crippen LogP) is 21.0. The van der Waals surface area contributed by atoms with Crippen LogP contribution in [-0.2, 0) is 9.59 Å². The standard InChI is InChI=1S/2C30H63N.C3H4O4/c2*1-4-7-10-13-16-19-22-25-28-31(29-26-23-20-17-14-11-8-5-2)30-27-24-21-18-15-12-9-6-3;4-2(5)1-3(6)7/h2*4-30H2,1-3H3;1H2,(H,4,5)(H,6,7). The minimum absolute atomic E-state index is 0.806. The van der Waals surface area contributed by atoms with E-state index in [4.69, 9.17) is 10.2 Å². The maximum Gasteiger partial charge on any atom is 0.314 e. The quantitative estimate of drug-likeness (QED) is 0.0467. The zero-order valence-corrected chi connectivity index (χ0v) is 48.5. The van der Waals surface area contributed by atoms with Crippen molar-refractivity contribution < 1.29 is 19.8 Å². The van der Waals surface area contributed by atoms with Gasteiger partial charge in [-0.15, -0.1) is 0 Å². The molecule has 0 saturated carbocycles. The first kappa shape index (κ1) is 72.1. The smallest absolute Gasteiger partial charge is 0.314 e. The summed E-state index contributed by atoms with van der Waals surface area (Å²) in [6.45, 7) is 22.1. The predicted molar refractivity (Wildman–Crippen MR) is 308 cm³/mol. The molecule has 69 heavy (non-hydrogen) atoms. The molecule has 6 nitrogen and oxygen atoms in total. The first-order chi connectivity index (χ1) is 33.8. The highest BCUT2D eigenvalue weighted by molar-refractivity contribution is 5.88. The molecule has 2 N–H and O–H groups in total. The number of nitrogens with zero attached hydrogens (tertiary/aromatic N) is 2. The van der Waals surface area contributed by atoms with Gasteiger partial charge in [0.15, 0.2) is 0 Å². The van der Waals surface area contributed by atoms with Crippen molar-refractivity contribution in [3.63, 3.8) is 0 Å². The molecule has 0 fully saturated rings. The number of carboxylic acid groups (broad SMARTS) is 2. The fourth-order valence-electron chi connectivity index (χ4n) is 9.62. The minimum Gasteiger partial charge on any atom is -0.481 e. The van der Waals surface area contributed by atoms with Crippen molar-refractivity contribution >= 4 is 11.9 Å². The third-order valence-corrected chi connectivity index (χ3v) is 14.3. The first-order valence-electron chi connectivity index (χ1n) is 31.7. The van der Waals surface area contributed by atoms with Gasteiger partial charge in [0, 0.05) is 0 Å². The zero-order valence-electron chi connectivity index (χ0n) is 48.5. The number of carboxylic acids is 2. The lowest BCUT2D eigenvalue weighted by atomic mass is 10.1. The van der Waals surface area contributed by atoms with E-state index >= 15 is 0 Å². The van der Waals surface area contributed by atoms with Gasteiger partial charge in [-0.3, -0.25) is 9.59 Å². The normalized spacial score (nSPS) is 11.2. The van der Waals surface area contributed by atoms with Crippen LogP contribution in [0.15, 0.2) is 0 Å². The lowest BCUT2D eigenvalue weighted by Gasteiger charge is -2.22. The SMILES string of the molecule is CCCCCCCCCCN(CCCCCCCCCC)CCCCCCCCCC.CCCCCCCCCCN(CCCCCCCCCC)CCCCCCCCCC.O=C(O)CC(=O)O. The first-order valence-corrected chi connectivity index (χ1v) is 31.7. The molecular weight excluding hydrogens is 849 g/mol. The Labute approximate surface area is 435 Å². The van der Waals surface area contributed by atoms with E-state index in [2.05, 4.69) is 51.3 Å². The van der Waals surface area contributed by atoms with E-state index in [1.807, 2.05) is 0 Å². The summed E-state index contributed by atoms with van der Waals surface area (Å²) in [6.07, 6.45) is 68.5. The van der Waals surface area contributed by atoms with E-state index in [0.717, 1.165) is 0 Å². The topological polar surface area (TPSA) is 81.1 Å². The summed E-state index contributed by atoms with van der Waals surface area (Å²) >= 11 is 0. The van der Waals surface area contributed by atoms with Crippen molar-refractivity contribution in [3.05, 3.63) is 0 Å². The minimum atomic E-state index is -1.31. The van der Waals surface area contributed by atoms with Crippen molar-refractivity contribution in [2.24, 2.45) is 0 Å². The molecule has 0 aromatic rings. The van der Waals surface area contributed by atoms with Crippen LogP contribution in [0.2, 0.25) is 0 Å². The molecule has 0 amide bonds. The number of hydrogen-bond acceptors (Lipinski definition) is 4. The molecule has 0 rings (SSSR count). The molecule has 6 heteroatoms. The second-order valence-electron chi connectivity index (χ2n) is 21.5. The fraction of sp³-hybridized carbons (Fsp3) is 0.968. The van der Waals surface area contributed by atoms with E-state index < -0.39 is 18.4 Å². The summed E-state index contributed by atoms with van der Waals surface area (Å²) in [5, 5.41) is 15.4. The molecule has 0 aliphatic rings. The molecule has 0 bridgehead atoms.